The van der Waals surface area contributed by atoms with Crippen LogP contribution < -0.4 is 5.32 Å². The number of nitriles is 2. The molecular weight excluding hydrogens is 256 g/mol. The van der Waals surface area contributed by atoms with Crippen molar-refractivity contribution in [2.45, 2.75) is 0 Å². The van der Waals surface area contributed by atoms with Crippen molar-refractivity contribution in [2.24, 2.45) is 0 Å². The highest BCUT2D eigenvalue weighted by Gasteiger charge is 2.10. The Bertz CT molecular complexity index is 756. The van der Waals surface area contributed by atoms with Crippen LogP contribution in [0.4, 0.5) is 11.4 Å². The molecule has 0 unspecified atom stereocenters. The third-order valence-corrected chi connectivity index (χ3v) is 2.59. The minimum atomic E-state index is -1.08. The average Bonchev–Trinajstić information content (AvgIpc) is 2.47. The summed E-state index contributed by atoms with van der Waals surface area (Å²) in [6, 6.07) is 9.78. The van der Waals surface area contributed by atoms with Gasteiger partial charge >= 0.3 is 5.97 Å². The highest BCUT2D eigenvalue weighted by atomic mass is 16.4. The summed E-state index contributed by atoms with van der Waals surface area (Å²) in [6.07, 6.45) is 2.77. The van der Waals surface area contributed by atoms with Crippen LogP contribution in [0.15, 0.2) is 36.7 Å². The van der Waals surface area contributed by atoms with E-state index in [2.05, 4.69) is 10.3 Å². The predicted molar refractivity (Wildman–Crippen MR) is 70.4 cm³/mol. The number of pyridine rings is 1. The lowest BCUT2D eigenvalue weighted by atomic mass is 10.1. The van der Waals surface area contributed by atoms with Crippen LogP contribution in [0.3, 0.4) is 0 Å². The van der Waals surface area contributed by atoms with Crippen LogP contribution in [0.2, 0.25) is 0 Å². The monoisotopic (exact) mass is 264 g/mol. The topological polar surface area (TPSA) is 110 Å². The van der Waals surface area contributed by atoms with Crippen LogP contribution in [0, 0.1) is 22.7 Å². The van der Waals surface area contributed by atoms with Crippen molar-refractivity contribution in [2.75, 3.05) is 5.32 Å². The summed E-state index contributed by atoms with van der Waals surface area (Å²) in [7, 11) is 0. The van der Waals surface area contributed by atoms with Crippen molar-refractivity contribution < 1.29 is 9.90 Å². The number of aromatic nitrogens is 1. The summed E-state index contributed by atoms with van der Waals surface area (Å²) in [4.78, 5) is 14.9. The lowest BCUT2D eigenvalue weighted by molar-refractivity contribution is 0.0698. The summed E-state index contributed by atoms with van der Waals surface area (Å²) in [5, 5.41) is 29.7. The van der Waals surface area contributed by atoms with E-state index >= 15 is 0 Å². The Kier molecular flexibility index (Phi) is 3.60. The molecule has 6 heteroatoms. The Balaban J connectivity index is 2.39. The summed E-state index contributed by atoms with van der Waals surface area (Å²) >= 11 is 0. The van der Waals surface area contributed by atoms with Gasteiger partial charge in [-0.15, -0.1) is 0 Å². The number of benzene rings is 1. The number of nitrogens with one attached hydrogen (secondary N) is 1. The minimum absolute atomic E-state index is 0.0721. The zero-order chi connectivity index (χ0) is 14.5. The third-order valence-electron chi connectivity index (χ3n) is 2.59. The van der Waals surface area contributed by atoms with E-state index in [4.69, 9.17) is 15.6 Å². The number of rotatable bonds is 3. The SMILES string of the molecule is N#Cc1ccc(Nc2cnccc2C(=O)O)cc1C#N. The number of aromatic carboxylic acids is 1. The fraction of sp³-hybridized carbons (Fsp3) is 0. The normalized spacial score (nSPS) is 9.30. The Morgan fingerprint density at radius 2 is 1.95 bits per heavy atom. The van der Waals surface area contributed by atoms with Crippen LogP contribution in [0.25, 0.3) is 0 Å². The average molecular weight is 264 g/mol. The van der Waals surface area contributed by atoms with Gasteiger partial charge in [-0.25, -0.2) is 4.79 Å². The van der Waals surface area contributed by atoms with E-state index in [1.807, 2.05) is 12.1 Å². The Hall–Kier alpha value is -3.38. The van der Waals surface area contributed by atoms with Gasteiger partial charge in [-0.1, -0.05) is 0 Å². The maximum atomic E-state index is 11.1. The molecule has 0 radical (unpaired) electrons. The largest absolute Gasteiger partial charge is 0.478 e. The van der Waals surface area contributed by atoms with Crippen molar-refractivity contribution in [3.63, 3.8) is 0 Å². The molecule has 0 amide bonds. The second-order valence-electron chi connectivity index (χ2n) is 3.84. The first-order valence-electron chi connectivity index (χ1n) is 5.54. The van der Waals surface area contributed by atoms with E-state index in [-0.39, 0.29) is 16.7 Å². The van der Waals surface area contributed by atoms with Gasteiger partial charge in [0.2, 0.25) is 0 Å². The molecule has 1 heterocycles. The molecule has 0 aliphatic heterocycles. The van der Waals surface area contributed by atoms with E-state index in [9.17, 15) is 4.79 Å². The number of anilines is 2. The number of hydrogen-bond acceptors (Lipinski definition) is 5. The lowest BCUT2D eigenvalue weighted by Gasteiger charge is -2.09. The van der Waals surface area contributed by atoms with Gasteiger partial charge in [0.15, 0.2) is 0 Å². The first-order valence-corrected chi connectivity index (χ1v) is 5.54. The second kappa shape index (κ2) is 5.51. The molecule has 0 spiro atoms. The first-order chi connectivity index (χ1) is 9.65. The highest BCUT2D eigenvalue weighted by Crippen LogP contribution is 2.22. The Morgan fingerprint density at radius 1 is 1.20 bits per heavy atom. The molecule has 0 aliphatic rings. The van der Waals surface area contributed by atoms with Gasteiger partial charge in [0.25, 0.3) is 0 Å². The maximum absolute atomic E-state index is 11.1. The van der Waals surface area contributed by atoms with Gasteiger partial charge in [-0.05, 0) is 24.3 Å². The van der Waals surface area contributed by atoms with E-state index in [0.29, 0.717) is 11.4 Å². The summed E-state index contributed by atoms with van der Waals surface area (Å²) < 4.78 is 0. The van der Waals surface area contributed by atoms with E-state index < -0.39 is 5.97 Å². The molecule has 0 fully saturated rings. The van der Waals surface area contributed by atoms with Crippen LogP contribution in [0.5, 0.6) is 0 Å². The number of hydrogen-bond donors (Lipinski definition) is 2. The molecule has 0 atom stereocenters. The van der Waals surface area contributed by atoms with Crippen molar-refractivity contribution >= 4 is 17.3 Å². The van der Waals surface area contributed by atoms with Gasteiger partial charge in [-0.3, -0.25) is 4.98 Å². The summed E-state index contributed by atoms with van der Waals surface area (Å²) in [6.45, 7) is 0. The molecule has 0 saturated heterocycles. The molecule has 6 nitrogen and oxygen atoms in total. The smallest absolute Gasteiger partial charge is 0.337 e. The van der Waals surface area contributed by atoms with Crippen LogP contribution in [0.1, 0.15) is 21.5 Å². The Labute approximate surface area is 114 Å². The van der Waals surface area contributed by atoms with Crippen molar-refractivity contribution in [1.29, 1.82) is 10.5 Å². The quantitative estimate of drug-likeness (QED) is 0.879. The summed E-state index contributed by atoms with van der Waals surface area (Å²) in [5.74, 6) is -1.08. The maximum Gasteiger partial charge on any atom is 0.337 e. The van der Waals surface area contributed by atoms with Gasteiger partial charge in [0, 0.05) is 11.9 Å². The molecule has 1 aromatic carbocycles. The number of nitrogens with zero attached hydrogens (tertiary/aromatic N) is 3. The zero-order valence-corrected chi connectivity index (χ0v) is 10.2. The van der Waals surface area contributed by atoms with Gasteiger partial charge in [-0.2, -0.15) is 10.5 Å². The molecule has 20 heavy (non-hydrogen) atoms. The Morgan fingerprint density at radius 3 is 2.60 bits per heavy atom. The molecule has 0 bridgehead atoms. The number of carboxylic acids is 1. The molecule has 2 N–H and O–H groups in total. The standard InChI is InChI=1S/C14H8N4O2/c15-6-9-1-2-11(5-10(9)7-16)18-13-8-17-4-3-12(13)14(19)20/h1-5,8,18H,(H,19,20). The fourth-order valence-corrected chi connectivity index (χ4v) is 1.65. The first kappa shape index (κ1) is 13.1. The van der Waals surface area contributed by atoms with Crippen LogP contribution in [-0.4, -0.2) is 16.1 Å². The van der Waals surface area contributed by atoms with E-state index in [0.717, 1.165) is 0 Å². The predicted octanol–water partition coefficient (Wildman–Crippen LogP) is 2.27. The van der Waals surface area contributed by atoms with E-state index in [1.54, 1.807) is 6.07 Å². The molecule has 0 saturated carbocycles. The fourth-order valence-electron chi connectivity index (χ4n) is 1.65. The van der Waals surface area contributed by atoms with Crippen molar-refractivity contribution in [3.05, 3.63) is 53.3 Å². The third kappa shape index (κ3) is 2.55. The molecule has 1 aromatic heterocycles. The lowest BCUT2D eigenvalue weighted by Crippen LogP contribution is -2.03. The van der Waals surface area contributed by atoms with Gasteiger partial charge in [0.05, 0.1) is 28.6 Å². The van der Waals surface area contributed by atoms with Crippen LogP contribution in [-0.2, 0) is 0 Å². The van der Waals surface area contributed by atoms with Crippen LogP contribution >= 0.6 is 0 Å². The van der Waals surface area contributed by atoms with Gasteiger partial charge in [0.1, 0.15) is 12.1 Å². The molecular formula is C14H8N4O2. The number of carbonyl (C=O) groups is 1. The second-order valence-corrected chi connectivity index (χ2v) is 3.84. The van der Waals surface area contributed by atoms with Crippen molar-refractivity contribution in [3.8, 4) is 12.1 Å². The number of carboxylic acid groups (broad SMARTS) is 1. The molecule has 2 aromatic rings. The zero-order valence-electron chi connectivity index (χ0n) is 10.2. The van der Waals surface area contributed by atoms with Gasteiger partial charge < -0.3 is 10.4 Å². The van der Waals surface area contributed by atoms with E-state index in [1.165, 1.54) is 30.6 Å². The molecule has 96 valence electrons. The minimum Gasteiger partial charge on any atom is -0.478 e. The van der Waals surface area contributed by atoms with Crippen molar-refractivity contribution in [1.82, 2.24) is 4.98 Å². The molecule has 2 rings (SSSR count). The summed E-state index contributed by atoms with van der Waals surface area (Å²) in [5.41, 5.74) is 1.38. The highest BCUT2D eigenvalue weighted by molar-refractivity contribution is 5.94. The molecule has 0 aliphatic carbocycles.